The van der Waals surface area contributed by atoms with E-state index in [1.165, 1.54) is 0 Å². The van der Waals surface area contributed by atoms with E-state index in [1.807, 2.05) is 0 Å². The van der Waals surface area contributed by atoms with Gasteiger partial charge in [-0.1, -0.05) is 17.8 Å². The topological polar surface area (TPSA) is 47.8 Å². The number of benzene rings is 1. The molecule has 0 atom stereocenters. The third-order valence-electron chi connectivity index (χ3n) is 3.35. The first-order chi connectivity index (χ1) is 11.4. The monoisotopic (exact) mass is 355 g/mol. The van der Waals surface area contributed by atoms with E-state index < -0.39 is 34.9 Å². The molecule has 0 saturated heterocycles. The van der Waals surface area contributed by atoms with E-state index in [1.54, 1.807) is 6.26 Å². The van der Waals surface area contributed by atoms with Crippen molar-refractivity contribution in [2.75, 3.05) is 6.26 Å². The van der Waals surface area contributed by atoms with Crippen LogP contribution >= 0.6 is 11.8 Å². The lowest BCUT2D eigenvalue weighted by Crippen LogP contribution is -2.22. The van der Waals surface area contributed by atoms with E-state index in [-0.39, 0.29) is 16.1 Å². The molecule has 0 aliphatic carbocycles. The highest BCUT2D eigenvalue weighted by molar-refractivity contribution is 7.98. The molecular weight excluding hydrogens is 346 g/mol. The Bertz CT molecular complexity index is 970. The molecule has 2 aromatic heterocycles. The number of thioether (sulfide) groups is 1. The van der Waals surface area contributed by atoms with Crippen LogP contribution in [0.5, 0.6) is 0 Å². The number of rotatable bonds is 3. The molecule has 0 unspecified atom stereocenters. The lowest BCUT2D eigenvalue weighted by atomic mass is 10.2. The maximum Gasteiger partial charge on any atom is 0.267 e. The zero-order valence-electron chi connectivity index (χ0n) is 12.1. The van der Waals surface area contributed by atoms with Gasteiger partial charge < -0.3 is 0 Å². The molecule has 0 aliphatic heterocycles. The molecule has 2 heterocycles. The van der Waals surface area contributed by atoms with Gasteiger partial charge in [0.15, 0.2) is 5.16 Å². The van der Waals surface area contributed by atoms with Crippen molar-refractivity contribution in [2.24, 2.45) is 0 Å². The fourth-order valence-electron chi connectivity index (χ4n) is 2.27. The number of halogens is 4. The van der Waals surface area contributed by atoms with E-state index >= 15 is 0 Å². The Morgan fingerprint density at radius 3 is 2.46 bits per heavy atom. The summed E-state index contributed by atoms with van der Waals surface area (Å²) in [5.74, 6) is -2.09. The standard InChI is InChI=1S/C15H9F4N3OS/c1-24-15-20-5-7-11(21-15)8(13(18)19)6-22(14(7)23)12-9(16)3-2-4-10(12)17/h2-6,13H,1H3. The third kappa shape index (κ3) is 2.64. The molecule has 3 aromatic rings. The first-order valence-corrected chi connectivity index (χ1v) is 7.85. The number of alkyl halides is 2. The average molecular weight is 355 g/mol. The Morgan fingerprint density at radius 2 is 1.88 bits per heavy atom. The fraction of sp³-hybridized carbons (Fsp3) is 0.133. The van der Waals surface area contributed by atoms with Gasteiger partial charge in [-0.15, -0.1) is 0 Å². The Labute approximate surface area is 137 Å². The molecule has 0 amide bonds. The van der Waals surface area contributed by atoms with Crippen molar-refractivity contribution < 1.29 is 17.6 Å². The van der Waals surface area contributed by atoms with E-state index in [9.17, 15) is 22.4 Å². The molecule has 24 heavy (non-hydrogen) atoms. The SMILES string of the molecule is CSc1ncc2c(=O)n(-c3c(F)cccc3F)cc(C(F)F)c2n1. The molecule has 124 valence electrons. The van der Waals surface area contributed by atoms with Gasteiger partial charge in [0.2, 0.25) is 0 Å². The van der Waals surface area contributed by atoms with E-state index in [2.05, 4.69) is 9.97 Å². The molecule has 0 N–H and O–H groups in total. The van der Waals surface area contributed by atoms with Crippen LogP contribution in [0.2, 0.25) is 0 Å². The van der Waals surface area contributed by atoms with Crippen LogP contribution in [0.15, 0.2) is 40.5 Å². The summed E-state index contributed by atoms with van der Waals surface area (Å²) in [6.45, 7) is 0. The minimum absolute atomic E-state index is 0.207. The van der Waals surface area contributed by atoms with Gasteiger partial charge in [-0.3, -0.25) is 9.36 Å². The molecule has 1 aromatic carbocycles. The van der Waals surface area contributed by atoms with Crippen LogP contribution in [0, 0.1) is 11.6 Å². The summed E-state index contributed by atoms with van der Waals surface area (Å²) in [7, 11) is 0. The molecule has 4 nitrogen and oxygen atoms in total. The number of pyridine rings is 1. The minimum atomic E-state index is -2.99. The second-order valence-electron chi connectivity index (χ2n) is 4.75. The summed E-state index contributed by atoms with van der Waals surface area (Å²) < 4.78 is 55.2. The predicted octanol–water partition coefficient (Wildman–Crippen LogP) is 3.72. The summed E-state index contributed by atoms with van der Waals surface area (Å²) in [6, 6.07) is 2.98. The first kappa shape index (κ1) is 16.4. The summed E-state index contributed by atoms with van der Waals surface area (Å²) in [5.41, 5.74) is -2.45. The Hall–Kier alpha value is -2.42. The highest BCUT2D eigenvalue weighted by Gasteiger charge is 2.21. The van der Waals surface area contributed by atoms with Crippen molar-refractivity contribution in [3.8, 4) is 5.69 Å². The van der Waals surface area contributed by atoms with Gasteiger partial charge in [0, 0.05) is 12.4 Å². The lowest BCUT2D eigenvalue weighted by Gasteiger charge is -2.13. The normalized spacial score (nSPS) is 11.4. The Kier molecular flexibility index (Phi) is 4.27. The van der Waals surface area contributed by atoms with Crippen LogP contribution in [0.1, 0.15) is 12.0 Å². The molecule has 0 saturated carbocycles. The second kappa shape index (κ2) is 6.23. The number of para-hydroxylation sites is 1. The van der Waals surface area contributed by atoms with E-state index in [0.29, 0.717) is 10.8 Å². The van der Waals surface area contributed by atoms with Gasteiger partial charge >= 0.3 is 0 Å². The molecule has 0 bridgehead atoms. The molecule has 0 spiro atoms. The maximum absolute atomic E-state index is 13.9. The molecule has 9 heteroatoms. The molecule has 0 aliphatic rings. The highest BCUT2D eigenvalue weighted by atomic mass is 32.2. The summed E-state index contributed by atoms with van der Waals surface area (Å²) >= 11 is 1.12. The fourth-order valence-corrected chi connectivity index (χ4v) is 2.61. The van der Waals surface area contributed by atoms with Crippen LogP contribution < -0.4 is 5.56 Å². The van der Waals surface area contributed by atoms with Crippen molar-refractivity contribution in [2.45, 2.75) is 11.6 Å². The average Bonchev–Trinajstić information content (AvgIpc) is 2.55. The van der Waals surface area contributed by atoms with Crippen LogP contribution in [0.3, 0.4) is 0 Å². The smallest absolute Gasteiger partial charge is 0.267 e. The van der Waals surface area contributed by atoms with Crippen molar-refractivity contribution in [3.05, 3.63) is 58.1 Å². The predicted molar refractivity (Wildman–Crippen MR) is 81.8 cm³/mol. The summed E-state index contributed by atoms with van der Waals surface area (Å²) in [5, 5.41) is -0.0353. The zero-order valence-corrected chi connectivity index (χ0v) is 13.0. The summed E-state index contributed by atoms with van der Waals surface area (Å²) in [4.78, 5) is 20.3. The van der Waals surface area contributed by atoms with Gasteiger partial charge in [0.05, 0.1) is 16.5 Å². The number of nitrogens with zero attached hydrogens (tertiary/aromatic N) is 3. The largest absolute Gasteiger partial charge is 0.277 e. The minimum Gasteiger partial charge on any atom is -0.277 e. The molecule has 3 rings (SSSR count). The number of hydrogen-bond acceptors (Lipinski definition) is 4. The van der Waals surface area contributed by atoms with Crippen molar-refractivity contribution in [1.29, 1.82) is 0 Å². The van der Waals surface area contributed by atoms with Crippen LogP contribution in [0.4, 0.5) is 17.6 Å². The van der Waals surface area contributed by atoms with Gasteiger partial charge in [0.1, 0.15) is 17.3 Å². The van der Waals surface area contributed by atoms with Gasteiger partial charge in [-0.05, 0) is 18.4 Å². The van der Waals surface area contributed by atoms with Crippen LogP contribution in [0.25, 0.3) is 16.6 Å². The van der Waals surface area contributed by atoms with Gasteiger partial charge in [-0.25, -0.2) is 27.5 Å². The molecule has 0 fully saturated rings. The van der Waals surface area contributed by atoms with E-state index in [0.717, 1.165) is 36.2 Å². The maximum atomic E-state index is 13.9. The van der Waals surface area contributed by atoms with E-state index in [4.69, 9.17) is 0 Å². The van der Waals surface area contributed by atoms with Crippen LogP contribution in [-0.4, -0.2) is 20.8 Å². The molecule has 0 radical (unpaired) electrons. The first-order valence-electron chi connectivity index (χ1n) is 6.63. The Morgan fingerprint density at radius 1 is 1.21 bits per heavy atom. The third-order valence-corrected chi connectivity index (χ3v) is 3.92. The zero-order chi connectivity index (χ0) is 17.4. The van der Waals surface area contributed by atoms with Crippen LogP contribution in [-0.2, 0) is 0 Å². The van der Waals surface area contributed by atoms with Gasteiger partial charge in [-0.2, -0.15) is 0 Å². The quantitative estimate of drug-likeness (QED) is 0.408. The number of hydrogen-bond donors (Lipinski definition) is 0. The Balaban J connectivity index is 2.43. The second-order valence-corrected chi connectivity index (χ2v) is 5.52. The number of fused-ring (bicyclic) bond motifs is 1. The van der Waals surface area contributed by atoms with Crippen molar-refractivity contribution >= 4 is 22.7 Å². The van der Waals surface area contributed by atoms with Gasteiger partial charge in [0.25, 0.3) is 12.0 Å². The van der Waals surface area contributed by atoms with Crippen molar-refractivity contribution in [1.82, 2.24) is 14.5 Å². The summed E-state index contributed by atoms with van der Waals surface area (Å²) in [6.07, 6.45) is 0.462. The number of aromatic nitrogens is 3. The van der Waals surface area contributed by atoms with Crippen molar-refractivity contribution in [3.63, 3.8) is 0 Å². The lowest BCUT2D eigenvalue weighted by molar-refractivity contribution is 0.152. The molecular formula is C15H9F4N3OS. The highest BCUT2D eigenvalue weighted by Crippen LogP contribution is 2.27.